The zero-order chi connectivity index (χ0) is 9.68. The third-order valence-corrected chi connectivity index (χ3v) is 1.81. The van der Waals surface area contributed by atoms with Gasteiger partial charge in [-0.1, -0.05) is 0 Å². The molecular weight excluding hydrogens is 166 g/mol. The van der Waals surface area contributed by atoms with Crippen LogP contribution in [0.4, 0.5) is 0 Å². The molecule has 0 spiro atoms. The number of hydrogen-bond acceptors (Lipinski definition) is 3. The molecule has 0 saturated heterocycles. The van der Waals surface area contributed by atoms with Gasteiger partial charge in [0.25, 0.3) is 0 Å². The molecule has 0 radical (unpaired) electrons. The number of nitrogens with zero attached hydrogens (tertiary/aromatic N) is 2. The van der Waals surface area contributed by atoms with Gasteiger partial charge in [-0.05, 0) is 26.3 Å². The summed E-state index contributed by atoms with van der Waals surface area (Å²) in [7, 11) is 1.88. The minimum absolute atomic E-state index is 0.718. The SMILES string of the molecule is Cc1cc(OCCCCN)n(C)n1. The molecule has 4 nitrogen and oxygen atoms in total. The van der Waals surface area contributed by atoms with Crippen molar-refractivity contribution in [1.82, 2.24) is 9.78 Å². The first-order valence-corrected chi connectivity index (χ1v) is 4.57. The van der Waals surface area contributed by atoms with E-state index < -0.39 is 0 Å². The number of rotatable bonds is 5. The summed E-state index contributed by atoms with van der Waals surface area (Å²) in [6.45, 7) is 3.40. The minimum atomic E-state index is 0.718. The summed E-state index contributed by atoms with van der Waals surface area (Å²) in [5.41, 5.74) is 6.35. The third kappa shape index (κ3) is 3.06. The zero-order valence-corrected chi connectivity index (χ0v) is 8.29. The predicted molar refractivity (Wildman–Crippen MR) is 51.7 cm³/mol. The van der Waals surface area contributed by atoms with Gasteiger partial charge in [-0.25, -0.2) is 4.68 Å². The van der Waals surface area contributed by atoms with Gasteiger partial charge >= 0.3 is 0 Å². The average Bonchev–Trinajstić information content (AvgIpc) is 2.39. The maximum atomic E-state index is 5.50. The van der Waals surface area contributed by atoms with Gasteiger partial charge in [-0.2, -0.15) is 5.10 Å². The molecule has 74 valence electrons. The highest BCUT2D eigenvalue weighted by atomic mass is 16.5. The van der Waals surface area contributed by atoms with Crippen LogP contribution in [0.25, 0.3) is 0 Å². The molecule has 0 fully saturated rings. The number of unbranched alkanes of at least 4 members (excludes halogenated alkanes) is 1. The van der Waals surface area contributed by atoms with Crippen molar-refractivity contribution in [3.05, 3.63) is 11.8 Å². The molecular formula is C9H17N3O. The fourth-order valence-corrected chi connectivity index (χ4v) is 1.15. The Morgan fingerprint density at radius 3 is 2.85 bits per heavy atom. The second kappa shape index (κ2) is 4.87. The van der Waals surface area contributed by atoms with Crippen LogP contribution in [0.5, 0.6) is 5.88 Å². The van der Waals surface area contributed by atoms with Crippen LogP contribution in [0.1, 0.15) is 18.5 Å². The van der Waals surface area contributed by atoms with E-state index in [-0.39, 0.29) is 0 Å². The van der Waals surface area contributed by atoms with Gasteiger partial charge in [0.05, 0.1) is 12.3 Å². The number of ether oxygens (including phenoxy) is 1. The molecule has 13 heavy (non-hydrogen) atoms. The van der Waals surface area contributed by atoms with Gasteiger partial charge in [0.15, 0.2) is 0 Å². The molecule has 0 amide bonds. The molecule has 0 aliphatic rings. The summed E-state index contributed by atoms with van der Waals surface area (Å²) in [5.74, 6) is 0.828. The van der Waals surface area contributed by atoms with Crippen molar-refractivity contribution in [2.24, 2.45) is 12.8 Å². The Morgan fingerprint density at radius 1 is 1.54 bits per heavy atom. The molecule has 0 unspecified atom stereocenters. The van der Waals surface area contributed by atoms with Crippen molar-refractivity contribution in [3.63, 3.8) is 0 Å². The van der Waals surface area contributed by atoms with Gasteiger partial charge in [-0.15, -0.1) is 0 Å². The first kappa shape index (κ1) is 10.1. The van der Waals surface area contributed by atoms with E-state index in [1.54, 1.807) is 4.68 Å². The molecule has 4 heteroatoms. The lowest BCUT2D eigenvalue weighted by molar-refractivity contribution is 0.282. The van der Waals surface area contributed by atoms with E-state index in [9.17, 15) is 0 Å². The molecule has 0 aliphatic heterocycles. The maximum absolute atomic E-state index is 5.50. The second-order valence-electron chi connectivity index (χ2n) is 3.09. The molecule has 0 bridgehead atoms. The largest absolute Gasteiger partial charge is 0.478 e. The Hall–Kier alpha value is -1.03. The highest BCUT2D eigenvalue weighted by Gasteiger charge is 2.01. The van der Waals surface area contributed by atoms with E-state index in [1.165, 1.54) is 0 Å². The van der Waals surface area contributed by atoms with Gasteiger partial charge in [-0.3, -0.25) is 0 Å². The number of hydrogen-bond donors (Lipinski definition) is 1. The van der Waals surface area contributed by atoms with E-state index in [0.717, 1.165) is 37.6 Å². The van der Waals surface area contributed by atoms with E-state index in [4.69, 9.17) is 10.5 Å². The zero-order valence-electron chi connectivity index (χ0n) is 8.29. The van der Waals surface area contributed by atoms with Crippen LogP contribution < -0.4 is 10.5 Å². The second-order valence-corrected chi connectivity index (χ2v) is 3.09. The van der Waals surface area contributed by atoms with E-state index in [0.29, 0.717) is 0 Å². The monoisotopic (exact) mass is 183 g/mol. The molecule has 0 saturated carbocycles. The maximum Gasteiger partial charge on any atom is 0.211 e. The minimum Gasteiger partial charge on any atom is -0.478 e. The fraction of sp³-hybridized carbons (Fsp3) is 0.667. The Kier molecular flexibility index (Phi) is 3.76. The van der Waals surface area contributed by atoms with Crippen LogP contribution in [0.3, 0.4) is 0 Å². The smallest absolute Gasteiger partial charge is 0.211 e. The highest BCUT2D eigenvalue weighted by Crippen LogP contribution is 2.11. The third-order valence-electron chi connectivity index (χ3n) is 1.81. The Balaban J connectivity index is 2.32. The van der Waals surface area contributed by atoms with Crippen LogP contribution in [-0.4, -0.2) is 22.9 Å². The van der Waals surface area contributed by atoms with Crippen molar-refractivity contribution in [2.75, 3.05) is 13.2 Å². The van der Waals surface area contributed by atoms with Crippen molar-refractivity contribution >= 4 is 0 Å². The van der Waals surface area contributed by atoms with Crippen molar-refractivity contribution in [1.29, 1.82) is 0 Å². The lowest BCUT2D eigenvalue weighted by Gasteiger charge is -2.04. The van der Waals surface area contributed by atoms with Crippen LogP contribution in [0, 0.1) is 6.92 Å². The molecule has 0 aromatic carbocycles. The molecule has 0 atom stereocenters. The lowest BCUT2D eigenvalue weighted by Crippen LogP contribution is -2.05. The first-order chi connectivity index (χ1) is 6.24. The molecule has 1 aromatic rings. The van der Waals surface area contributed by atoms with Crippen LogP contribution in [-0.2, 0) is 7.05 Å². The Morgan fingerprint density at radius 2 is 2.31 bits per heavy atom. The standard InChI is InChI=1S/C9H17N3O/c1-8-7-9(12(2)11-8)13-6-4-3-5-10/h7H,3-6,10H2,1-2H3. The topological polar surface area (TPSA) is 53.1 Å². The average molecular weight is 183 g/mol. The number of aromatic nitrogens is 2. The van der Waals surface area contributed by atoms with E-state index in [2.05, 4.69) is 5.10 Å². The molecule has 1 heterocycles. The van der Waals surface area contributed by atoms with Gasteiger partial charge in [0, 0.05) is 13.1 Å². The van der Waals surface area contributed by atoms with Gasteiger partial charge in [0.1, 0.15) is 0 Å². The van der Waals surface area contributed by atoms with Crippen molar-refractivity contribution < 1.29 is 4.74 Å². The van der Waals surface area contributed by atoms with Crippen molar-refractivity contribution in [3.8, 4) is 5.88 Å². The molecule has 1 rings (SSSR count). The fourth-order valence-electron chi connectivity index (χ4n) is 1.15. The Labute approximate surface area is 78.7 Å². The number of nitrogens with two attached hydrogens (primary N) is 1. The quantitative estimate of drug-likeness (QED) is 0.688. The summed E-state index contributed by atoms with van der Waals surface area (Å²) in [6, 6.07) is 1.93. The van der Waals surface area contributed by atoms with Crippen molar-refractivity contribution in [2.45, 2.75) is 19.8 Å². The van der Waals surface area contributed by atoms with E-state index >= 15 is 0 Å². The lowest BCUT2D eigenvalue weighted by atomic mass is 10.3. The summed E-state index contributed by atoms with van der Waals surface area (Å²) in [6.07, 6.45) is 2.01. The summed E-state index contributed by atoms with van der Waals surface area (Å²) in [5, 5.41) is 4.18. The predicted octanol–water partition coefficient (Wildman–Crippen LogP) is 0.846. The number of aryl methyl sites for hydroxylation is 2. The van der Waals surface area contributed by atoms with Crippen LogP contribution >= 0.6 is 0 Å². The normalized spacial score (nSPS) is 10.4. The summed E-state index contributed by atoms with van der Waals surface area (Å²) >= 11 is 0. The van der Waals surface area contributed by atoms with Gasteiger partial charge in [0.2, 0.25) is 5.88 Å². The highest BCUT2D eigenvalue weighted by molar-refractivity contribution is 5.14. The Bertz CT molecular complexity index is 257. The summed E-state index contributed by atoms with van der Waals surface area (Å²) in [4.78, 5) is 0. The van der Waals surface area contributed by atoms with Crippen LogP contribution in [0.15, 0.2) is 6.07 Å². The van der Waals surface area contributed by atoms with Gasteiger partial charge < -0.3 is 10.5 Å². The van der Waals surface area contributed by atoms with Crippen LogP contribution in [0.2, 0.25) is 0 Å². The first-order valence-electron chi connectivity index (χ1n) is 4.57. The summed E-state index contributed by atoms with van der Waals surface area (Å²) < 4.78 is 7.25. The molecule has 1 aromatic heterocycles. The molecule has 0 aliphatic carbocycles. The molecule has 2 N–H and O–H groups in total. The van der Waals surface area contributed by atoms with E-state index in [1.807, 2.05) is 20.0 Å².